The minimum absolute atomic E-state index is 0.517. The predicted octanol–water partition coefficient (Wildman–Crippen LogP) is -0.352. The molecule has 0 saturated carbocycles. The topological polar surface area (TPSA) is 52.7 Å². The van der Waals surface area contributed by atoms with Crippen molar-refractivity contribution in [3.05, 3.63) is 0 Å². The van der Waals surface area contributed by atoms with Gasteiger partial charge in [0.25, 0.3) is 0 Å². The van der Waals surface area contributed by atoms with Crippen LogP contribution in [0.3, 0.4) is 0 Å². The molecule has 0 spiro atoms. The molecule has 0 bridgehead atoms. The molecule has 6 heteroatoms. The van der Waals surface area contributed by atoms with E-state index in [0.717, 1.165) is 51.0 Å². The van der Waals surface area contributed by atoms with Crippen molar-refractivity contribution in [2.45, 2.75) is 20.3 Å². The van der Waals surface area contributed by atoms with Gasteiger partial charge in [0.15, 0.2) is 5.11 Å². The van der Waals surface area contributed by atoms with Gasteiger partial charge in [-0.05, 0) is 18.1 Å². The second kappa shape index (κ2) is 9.92. The first kappa shape index (κ1) is 17.2. The Bertz CT molecular complexity index is 324. The minimum atomic E-state index is 0.517. The lowest BCUT2D eigenvalue weighted by molar-refractivity contribution is -0.906. The summed E-state index contributed by atoms with van der Waals surface area (Å²) in [7, 11) is 0. The molecule has 0 aliphatic carbocycles. The maximum atomic E-state index is 8.72. The number of nitriles is 1. The van der Waals surface area contributed by atoms with Crippen molar-refractivity contribution in [1.82, 2.24) is 10.2 Å². The summed E-state index contributed by atoms with van der Waals surface area (Å²) in [5, 5.41) is 12.8. The third-order valence-corrected chi connectivity index (χ3v) is 3.72. The van der Waals surface area contributed by atoms with Gasteiger partial charge in [-0.25, -0.2) is 0 Å². The van der Waals surface area contributed by atoms with Crippen LogP contribution < -0.4 is 10.2 Å². The van der Waals surface area contributed by atoms with E-state index in [1.54, 1.807) is 4.90 Å². The molecule has 0 atom stereocenters. The molecule has 114 valence electrons. The van der Waals surface area contributed by atoms with Crippen molar-refractivity contribution < 1.29 is 9.64 Å². The van der Waals surface area contributed by atoms with E-state index >= 15 is 0 Å². The lowest BCUT2D eigenvalue weighted by Gasteiger charge is -2.28. The second-order valence-corrected chi connectivity index (χ2v) is 5.98. The Balaban J connectivity index is 2.27. The average Bonchev–Trinajstić information content (AvgIpc) is 2.44. The normalized spacial score (nSPS) is 15.9. The molecule has 0 radical (unpaired) electrons. The van der Waals surface area contributed by atoms with Crippen molar-refractivity contribution in [2.75, 3.05) is 52.5 Å². The standard InChI is InChI=1S/C14H26N4OS/c1-13(2)12-18(6-3-4-15)14(20)16-5-7-17-8-10-19-11-9-17/h13H,3,5-12H2,1-2H3,(H,16,20)/p+1. The Labute approximate surface area is 127 Å². The van der Waals surface area contributed by atoms with Gasteiger partial charge >= 0.3 is 0 Å². The first-order chi connectivity index (χ1) is 9.63. The molecule has 0 aromatic rings. The Morgan fingerprint density at radius 1 is 1.45 bits per heavy atom. The molecule has 1 fully saturated rings. The van der Waals surface area contributed by atoms with Crippen LogP contribution in [0.15, 0.2) is 0 Å². The molecule has 2 N–H and O–H groups in total. The van der Waals surface area contributed by atoms with Crippen LogP contribution in [0.5, 0.6) is 0 Å². The van der Waals surface area contributed by atoms with Gasteiger partial charge < -0.3 is 19.9 Å². The first-order valence-electron chi connectivity index (χ1n) is 7.44. The van der Waals surface area contributed by atoms with E-state index < -0.39 is 0 Å². The summed E-state index contributed by atoms with van der Waals surface area (Å²) in [6.07, 6.45) is 0.517. The van der Waals surface area contributed by atoms with Crippen LogP contribution in [0.4, 0.5) is 0 Å². The molecule has 1 aliphatic heterocycles. The van der Waals surface area contributed by atoms with Gasteiger partial charge in [0.1, 0.15) is 13.1 Å². The lowest BCUT2D eigenvalue weighted by atomic mass is 10.2. The largest absolute Gasteiger partial charge is 0.370 e. The summed E-state index contributed by atoms with van der Waals surface area (Å²) in [4.78, 5) is 3.68. The fourth-order valence-electron chi connectivity index (χ4n) is 2.27. The van der Waals surface area contributed by atoms with Gasteiger partial charge in [-0.15, -0.1) is 0 Å². The Kier molecular flexibility index (Phi) is 8.51. The number of nitrogens with zero attached hydrogens (tertiary/aromatic N) is 2. The molecule has 0 amide bonds. The SMILES string of the molecule is CC(C)CN(CCC#N)C(=S)NCC[NH+]1CCOCC1. The van der Waals surface area contributed by atoms with Crippen molar-refractivity contribution in [1.29, 1.82) is 5.26 Å². The summed E-state index contributed by atoms with van der Waals surface area (Å²) in [6.45, 7) is 11.8. The Morgan fingerprint density at radius 3 is 2.75 bits per heavy atom. The third kappa shape index (κ3) is 7.04. The fraction of sp³-hybridized carbons (Fsp3) is 0.857. The molecule has 0 unspecified atom stereocenters. The molecule has 1 saturated heterocycles. The molecular weight excluding hydrogens is 272 g/mol. The highest BCUT2D eigenvalue weighted by atomic mass is 32.1. The number of thiocarbonyl (C=S) groups is 1. The average molecular weight is 299 g/mol. The molecule has 1 aliphatic rings. The summed E-state index contributed by atoms with van der Waals surface area (Å²) in [6, 6.07) is 2.19. The van der Waals surface area contributed by atoms with Gasteiger partial charge in [-0.2, -0.15) is 5.26 Å². The number of hydrogen-bond donors (Lipinski definition) is 2. The smallest absolute Gasteiger partial charge is 0.169 e. The van der Waals surface area contributed by atoms with E-state index in [0.29, 0.717) is 18.9 Å². The van der Waals surface area contributed by atoms with Crippen molar-refractivity contribution in [3.8, 4) is 6.07 Å². The van der Waals surface area contributed by atoms with Gasteiger partial charge in [-0.1, -0.05) is 13.8 Å². The number of ether oxygens (including phenoxy) is 1. The van der Waals surface area contributed by atoms with Gasteiger partial charge in [0.2, 0.25) is 0 Å². The number of quaternary nitrogens is 1. The van der Waals surface area contributed by atoms with Crippen molar-refractivity contribution >= 4 is 17.3 Å². The summed E-state index contributed by atoms with van der Waals surface area (Å²) < 4.78 is 5.35. The quantitative estimate of drug-likeness (QED) is 0.629. The van der Waals surface area contributed by atoms with E-state index in [9.17, 15) is 0 Å². The monoisotopic (exact) mass is 299 g/mol. The summed E-state index contributed by atoms with van der Waals surface area (Å²) in [5.41, 5.74) is 0. The van der Waals surface area contributed by atoms with Crippen molar-refractivity contribution in [2.24, 2.45) is 5.92 Å². The van der Waals surface area contributed by atoms with E-state index in [4.69, 9.17) is 22.2 Å². The molecule has 20 heavy (non-hydrogen) atoms. The summed E-state index contributed by atoms with van der Waals surface area (Å²) in [5.74, 6) is 0.540. The Hall–Kier alpha value is -0.900. The molecule has 0 aromatic carbocycles. The van der Waals surface area contributed by atoms with Crippen LogP contribution in [0.25, 0.3) is 0 Å². The van der Waals surface area contributed by atoms with Gasteiger partial charge in [0, 0.05) is 13.1 Å². The molecule has 5 nitrogen and oxygen atoms in total. The highest BCUT2D eigenvalue weighted by molar-refractivity contribution is 7.80. The van der Waals surface area contributed by atoms with Gasteiger partial charge in [0.05, 0.1) is 38.8 Å². The lowest BCUT2D eigenvalue weighted by Crippen LogP contribution is -3.14. The highest BCUT2D eigenvalue weighted by Crippen LogP contribution is 2.00. The zero-order chi connectivity index (χ0) is 14.8. The van der Waals surface area contributed by atoms with E-state index in [2.05, 4.69) is 30.1 Å². The maximum absolute atomic E-state index is 8.72. The fourth-order valence-corrected chi connectivity index (χ4v) is 2.54. The van der Waals surface area contributed by atoms with Crippen molar-refractivity contribution in [3.63, 3.8) is 0 Å². The Morgan fingerprint density at radius 2 is 2.15 bits per heavy atom. The highest BCUT2D eigenvalue weighted by Gasteiger charge is 2.14. The number of hydrogen-bond acceptors (Lipinski definition) is 3. The van der Waals surface area contributed by atoms with Crippen LogP contribution in [0.2, 0.25) is 0 Å². The van der Waals surface area contributed by atoms with Crippen LogP contribution in [0.1, 0.15) is 20.3 Å². The maximum Gasteiger partial charge on any atom is 0.169 e. The van der Waals surface area contributed by atoms with Crippen LogP contribution in [0, 0.1) is 17.2 Å². The second-order valence-electron chi connectivity index (χ2n) is 5.59. The first-order valence-corrected chi connectivity index (χ1v) is 7.85. The number of morpholine rings is 1. The zero-order valence-corrected chi connectivity index (χ0v) is 13.5. The van der Waals surface area contributed by atoms with E-state index in [1.807, 2.05) is 0 Å². The zero-order valence-electron chi connectivity index (χ0n) is 12.7. The molecular formula is C14H27N4OS+. The minimum Gasteiger partial charge on any atom is -0.370 e. The van der Waals surface area contributed by atoms with Crippen LogP contribution >= 0.6 is 12.2 Å². The third-order valence-electron chi connectivity index (χ3n) is 3.32. The van der Waals surface area contributed by atoms with Crippen LogP contribution in [-0.4, -0.2) is 62.5 Å². The number of rotatable bonds is 7. The van der Waals surface area contributed by atoms with Gasteiger partial charge in [-0.3, -0.25) is 0 Å². The van der Waals surface area contributed by atoms with Crippen LogP contribution in [-0.2, 0) is 4.74 Å². The predicted molar refractivity (Wildman–Crippen MR) is 83.6 cm³/mol. The summed E-state index contributed by atoms with van der Waals surface area (Å²) >= 11 is 5.45. The molecule has 1 rings (SSSR count). The molecule has 0 aromatic heterocycles. The van der Waals surface area contributed by atoms with E-state index in [1.165, 1.54) is 0 Å². The molecule has 1 heterocycles. The number of nitrogens with one attached hydrogen (secondary N) is 2. The van der Waals surface area contributed by atoms with E-state index in [-0.39, 0.29) is 0 Å².